The molecule has 1 saturated carbocycles. The van der Waals surface area contributed by atoms with Gasteiger partial charge in [-0.2, -0.15) is 0 Å². The molecule has 2 fully saturated rings. The van der Waals surface area contributed by atoms with Crippen LogP contribution in [0.2, 0.25) is 5.02 Å². The van der Waals surface area contributed by atoms with E-state index in [9.17, 15) is 4.79 Å². The predicted molar refractivity (Wildman–Crippen MR) is 77.2 cm³/mol. The zero-order chi connectivity index (χ0) is 13.2. The fraction of sp³-hybridized carbons (Fsp3) is 0.562. The summed E-state index contributed by atoms with van der Waals surface area (Å²) >= 11 is 6.19. The average Bonchev–Trinajstić information content (AvgIpc) is 3.26. The lowest BCUT2D eigenvalue weighted by atomic mass is 9.90. The molecule has 2 nitrogen and oxygen atoms in total. The van der Waals surface area contributed by atoms with E-state index in [2.05, 4.69) is 11.0 Å². The Balaban J connectivity index is 1.53. The molecule has 0 amide bonds. The SMILES string of the molecule is O=C(C1CC1)C1CCN(Cc2ccccc2Cl)CC1. The maximum absolute atomic E-state index is 12.0. The van der Waals surface area contributed by atoms with Gasteiger partial charge in [-0.05, 0) is 50.4 Å². The molecule has 19 heavy (non-hydrogen) atoms. The van der Waals surface area contributed by atoms with Gasteiger partial charge in [0.25, 0.3) is 0 Å². The molecule has 0 atom stereocenters. The fourth-order valence-electron chi connectivity index (χ4n) is 2.94. The van der Waals surface area contributed by atoms with Crippen LogP contribution in [0.3, 0.4) is 0 Å². The van der Waals surface area contributed by atoms with E-state index >= 15 is 0 Å². The Bertz CT molecular complexity index is 462. The van der Waals surface area contributed by atoms with Gasteiger partial charge < -0.3 is 0 Å². The minimum Gasteiger partial charge on any atom is -0.299 e. The zero-order valence-electron chi connectivity index (χ0n) is 11.1. The average molecular weight is 278 g/mol. The molecule has 3 heteroatoms. The van der Waals surface area contributed by atoms with E-state index < -0.39 is 0 Å². The molecule has 1 aromatic carbocycles. The molecule has 1 saturated heterocycles. The number of piperidine rings is 1. The molecular weight excluding hydrogens is 258 g/mol. The monoisotopic (exact) mass is 277 g/mol. The number of benzene rings is 1. The number of rotatable bonds is 4. The van der Waals surface area contributed by atoms with E-state index in [1.54, 1.807) is 0 Å². The Kier molecular flexibility index (Phi) is 3.90. The number of hydrogen-bond acceptors (Lipinski definition) is 2. The van der Waals surface area contributed by atoms with Crippen LogP contribution in [0.1, 0.15) is 31.2 Å². The van der Waals surface area contributed by atoms with Crippen molar-refractivity contribution in [2.45, 2.75) is 32.2 Å². The number of carbonyl (C=O) groups is 1. The fourth-order valence-corrected chi connectivity index (χ4v) is 3.14. The van der Waals surface area contributed by atoms with Crippen molar-refractivity contribution in [3.05, 3.63) is 34.9 Å². The Morgan fingerprint density at radius 1 is 1.11 bits per heavy atom. The van der Waals surface area contributed by atoms with Crippen LogP contribution in [-0.2, 0) is 11.3 Å². The van der Waals surface area contributed by atoms with E-state index in [4.69, 9.17) is 11.6 Å². The predicted octanol–water partition coefficient (Wildman–Crippen LogP) is 3.53. The summed E-state index contributed by atoms with van der Waals surface area (Å²) < 4.78 is 0. The van der Waals surface area contributed by atoms with Crippen molar-refractivity contribution in [1.82, 2.24) is 4.90 Å². The number of halogens is 1. The van der Waals surface area contributed by atoms with Gasteiger partial charge in [0.2, 0.25) is 0 Å². The maximum atomic E-state index is 12.0. The van der Waals surface area contributed by atoms with Crippen LogP contribution in [-0.4, -0.2) is 23.8 Å². The number of nitrogens with zero attached hydrogens (tertiary/aromatic N) is 1. The minimum atomic E-state index is 0.329. The van der Waals surface area contributed by atoms with Crippen molar-refractivity contribution in [2.75, 3.05) is 13.1 Å². The summed E-state index contributed by atoms with van der Waals surface area (Å²) in [6, 6.07) is 8.03. The molecular formula is C16H20ClNO. The van der Waals surface area contributed by atoms with Gasteiger partial charge >= 0.3 is 0 Å². The van der Waals surface area contributed by atoms with Crippen LogP contribution in [0.15, 0.2) is 24.3 Å². The number of Topliss-reactive ketones (excluding diaryl/α,β-unsaturated/α-hetero) is 1. The van der Waals surface area contributed by atoms with Crippen molar-refractivity contribution in [2.24, 2.45) is 11.8 Å². The van der Waals surface area contributed by atoms with Crippen LogP contribution in [0.5, 0.6) is 0 Å². The zero-order valence-corrected chi connectivity index (χ0v) is 11.9. The van der Waals surface area contributed by atoms with E-state index in [1.807, 2.05) is 18.2 Å². The molecule has 0 radical (unpaired) electrons. The standard InChI is InChI=1S/C16H20ClNO/c17-15-4-2-1-3-14(15)11-18-9-7-13(8-10-18)16(19)12-5-6-12/h1-4,12-13H,5-11H2. The van der Waals surface area contributed by atoms with E-state index in [1.165, 1.54) is 5.56 Å². The highest BCUT2D eigenvalue weighted by atomic mass is 35.5. The molecule has 3 rings (SSSR count). The van der Waals surface area contributed by atoms with Gasteiger partial charge in [0.05, 0.1) is 0 Å². The highest BCUT2D eigenvalue weighted by Crippen LogP contribution is 2.35. The second-order valence-corrected chi connectivity index (χ2v) is 6.23. The minimum absolute atomic E-state index is 0.329. The molecule has 1 aliphatic heterocycles. The number of carbonyl (C=O) groups excluding carboxylic acids is 1. The Labute approximate surface area is 119 Å². The molecule has 2 aliphatic rings. The lowest BCUT2D eigenvalue weighted by Crippen LogP contribution is -2.36. The van der Waals surface area contributed by atoms with Gasteiger partial charge in [0.15, 0.2) is 0 Å². The van der Waals surface area contributed by atoms with Crippen molar-refractivity contribution < 1.29 is 4.79 Å². The normalized spacial score (nSPS) is 21.5. The first kappa shape index (κ1) is 13.1. The summed E-state index contributed by atoms with van der Waals surface area (Å²) in [5, 5.41) is 0.846. The lowest BCUT2D eigenvalue weighted by molar-refractivity contribution is -0.125. The summed E-state index contributed by atoms with van der Waals surface area (Å²) in [4.78, 5) is 14.5. The topological polar surface area (TPSA) is 20.3 Å². The third-order valence-corrected chi connectivity index (χ3v) is 4.69. The second kappa shape index (κ2) is 5.64. The van der Waals surface area contributed by atoms with Gasteiger partial charge in [-0.1, -0.05) is 29.8 Å². The Hall–Kier alpha value is -0.860. The molecule has 0 aromatic heterocycles. The Morgan fingerprint density at radius 2 is 1.74 bits per heavy atom. The summed E-state index contributed by atoms with van der Waals surface area (Å²) in [6.45, 7) is 2.95. The first-order valence-corrected chi connectivity index (χ1v) is 7.61. The highest BCUT2D eigenvalue weighted by molar-refractivity contribution is 6.31. The van der Waals surface area contributed by atoms with Crippen LogP contribution < -0.4 is 0 Å². The first-order chi connectivity index (χ1) is 9.24. The number of likely N-dealkylation sites (tertiary alicyclic amines) is 1. The summed E-state index contributed by atoms with van der Waals surface area (Å²) in [6.07, 6.45) is 4.33. The molecule has 102 valence electrons. The largest absolute Gasteiger partial charge is 0.299 e. The molecule has 0 bridgehead atoms. The Morgan fingerprint density at radius 3 is 2.37 bits per heavy atom. The van der Waals surface area contributed by atoms with Gasteiger partial charge in [-0.25, -0.2) is 0 Å². The van der Waals surface area contributed by atoms with Crippen molar-refractivity contribution in [1.29, 1.82) is 0 Å². The summed E-state index contributed by atoms with van der Waals surface area (Å²) in [5.41, 5.74) is 1.19. The van der Waals surface area contributed by atoms with Gasteiger partial charge in [-0.3, -0.25) is 9.69 Å². The van der Waals surface area contributed by atoms with Crippen molar-refractivity contribution in [3.63, 3.8) is 0 Å². The molecule has 1 aliphatic carbocycles. The summed E-state index contributed by atoms with van der Waals surface area (Å²) in [7, 11) is 0. The van der Waals surface area contributed by atoms with Crippen LogP contribution >= 0.6 is 11.6 Å². The first-order valence-electron chi connectivity index (χ1n) is 7.23. The van der Waals surface area contributed by atoms with Crippen molar-refractivity contribution in [3.8, 4) is 0 Å². The molecule has 1 aromatic rings. The van der Waals surface area contributed by atoms with Crippen LogP contribution in [0.4, 0.5) is 0 Å². The smallest absolute Gasteiger partial charge is 0.139 e. The van der Waals surface area contributed by atoms with Crippen LogP contribution in [0.25, 0.3) is 0 Å². The molecule has 0 unspecified atom stereocenters. The van der Waals surface area contributed by atoms with E-state index in [0.717, 1.165) is 50.3 Å². The second-order valence-electron chi connectivity index (χ2n) is 5.82. The van der Waals surface area contributed by atoms with Gasteiger partial charge in [0.1, 0.15) is 5.78 Å². The molecule has 0 spiro atoms. The number of hydrogen-bond donors (Lipinski definition) is 0. The van der Waals surface area contributed by atoms with Gasteiger partial charge in [-0.15, -0.1) is 0 Å². The van der Waals surface area contributed by atoms with Gasteiger partial charge in [0, 0.05) is 23.4 Å². The van der Waals surface area contributed by atoms with Crippen molar-refractivity contribution >= 4 is 17.4 Å². The maximum Gasteiger partial charge on any atom is 0.139 e. The lowest BCUT2D eigenvalue weighted by Gasteiger charge is -2.31. The number of ketones is 1. The highest BCUT2D eigenvalue weighted by Gasteiger charge is 2.35. The van der Waals surface area contributed by atoms with E-state index in [-0.39, 0.29) is 0 Å². The van der Waals surface area contributed by atoms with Crippen LogP contribution in [0, 0.1) is 11.8 Å². The quantitative estimate of drug-likeness (QED) is 0.839. The third-order valence-electron chi connectivity index (χ3n) is 4.32. The third kappa shape index (κ3) is 3.18. The summed E-state index contributed by atoms with van der Waals surface area (Å²) in [5.74, 6) is 1.28. The molecule has 0 N–H and O–H groups in total. The van der Waals surface area contributed by atoms with E-state index in [0.29, 0.717) is 17.6 Å². The molecule has 1 heterocycles.